The fourth-order valence-electron chi connectivity index (χ4n) is 2.51. The highest BCUT2D eigenvalue weighted by Crippen LogP contribution is 2.30. The molecule has 3 aromatic rings. The fraction of sp³-hybridized carbons (Fsp3) is 0.111. The molecule has 0 fully saturated rings. The van der Waals surface area contributed by atoms with Gasteiger partial charge in [0.25, 0.3) is 5.91 Å². The summed E-state index contributed by atoms with van der Waals surface area (Å²) in [5.74, 6) is -0.398. The first kappa shape index (κ1) is 16.2. The van der Waals surface area contributed by atoms with Gasteiger partial charge in [0.05, 0.1) is 5.56 Å². The van der Waals surface area contributed by atoms with Crippen LogP contribution in [0.3, 0.4) is 0 Å². The van der Waals surface area contributed by atoms with Crippen molar-refractivity contribution in [3.63, 3.8) is 0 Å². The summed E-state index contributed by atoms with van der Waals surface area (Å²) in [6, 6.07) is 14.7. The zero-order chi connectivity index (χ0) is 17.1. The molecule has 2 aromatic carbocycles. The summed E-state index contributed by atoms with van der Waals surface area (Å²) >= 11 is 6.05. The first-order valence-corrected chi connectivity index (χ1v) is 7.71. The summed E-state index contributed by atoms with van der Waals surface area (Å²) in [6.45, 7) is -0.792. The van der Waals surface area contributed by atoms with E-state index in [2.05, 4.69) is 10.4 Å². The first-order valence-electron chi connectivity index (χ1n) is 7.33. The zero-order valence-corrected chi connectivity index (χ0v) is 13.7. The molecule has 1 N–H and O–H groups in total. The molecule has 0 aliphatic heterocycles. The zero-order valence-electron chi connectivity index (χ0n) is 13.0. The van der Waals surface area contributed by atoms with E-state index in [-0.39, 0.29) is 11.3 Å². The van der Waals surface area contributed by atoms with Crippen molar-refractivity contribution >= 4 is 23.2 Å². The molecule has 0 spiro atoms. The van der Waals surface area contributed by atoms with E-state index in [1.165, 1.54) is 10.9 Å². The molecule has 1 amide bonds. The van der Waals surface area contributed by atoms with Gasteiger partial charge in [-0.1, -0.05) is 41.9 Å². The van der Waals surface area contributed by atoms with Gasteiger partial charge in [-0.05, 0) is 23.8 Å². The minimum atomic E-state index is -0.792. The first-order chi connectivity index (χ1) is 11.6. The predicted molar refractivity (Wildman–Crippen MR) is 92.9 cm³/mol. The number of nitrogens with zero attached hydrogens (tertiary/aromatic N) is 2. The van der Waals surface area contributed by atoms with Crippen molar-refractivity contribution in [2.75, 3.05) is 5.32 Å². The Balaban J connectivity index is 1.95. The van der Waals surface area contributed by atoms with Gasteiger partial charge in [-0.3, -0.25) is 9.48 Å². The number of aromatic nitrogens is 2. The van der Waals surface area contributed by atoms with Gasteiger partial charge in [-0.25, -0.2) is 4.39 Å². The number of carbonyl (C=O) groups is 1. The Bertz CT molecular complexity index is 891. The highest BCUT2D eigenvalue weighted by Gasteiger charge is 2.17. The molecule has 0 atom stereocenters. The van der Waals surface area contributed by atoms with Crippen molar-refractivity contribution in [1.82, 2.24) is 9.78 Å². The lowest BCUT2D eigenvalue weighted by molar-refractivity contribution is 0.102. The normalized spacial score (nSPS) is 10.6. The highest BCUT2D eigenvalue weighted by molar-refractivity contribution is 6.30. The topological polar surface area (TPSA) is 46.9 Å². The van der Waals surface area contributed by atoms with Crippen LogP contribution in [-0.4, -0.2) is 15.7 Å². The molecular weight excluding hydrogens is 329 g/mol. The number of para-hydroxylation sites is 1. The number of hydrogen-bond donors (Lipinski definition) is 1. The van der Waals surface area contributed by atoms with E-state index in [0.717, 1.165) is 11.1 Å². The molecule has 122 valence electrons. The SMILES string of the molecule is Cn1cc(C(=O)Nc2ccccc2-c2cccc(Cl)c2)c(CF)n1. The second-order valence-electron chi connectivity index (χ2n) is 5.31. The standard InChI is InChI=1S/C18H15ClFN3O/c1-23-11-15(17(10-20)22-23)18(24)21-16-8-3-2-7-14(16)12-5-4-6-13(19)9-12/h2-9,11H,10H2,1H3,(H,21,24). The minimum absolute atomic E-state index is 0.121. The van der Waals surface area contributed by atoms with Gasteiger partial charge in [0.1, 0.15) is 12.4 Å². The molecule has 24 heavy (non-hydrogen) atoms. The summed E-state index contributed by atoms with van der Waals surface area (Å²) in [6.07, 6.45) is 1.51. The lowest BCUT2D eigenvalue weighted by atomic mass is 10.0. The molecule has 0 saturated carbocycles. The van der Waals surface area contributed by atoms with E-state index in [1.54, 1.807) is 19.2 Å². The van der Waals surface area contributed by atoms with Crippen LogP contribution in [0.5, 0.6) is 0 Å². The molecule has 0 radical (unpaired) electrons. The number of rotatable bonds is 4. The third-order valence-corrected chi connectivity index (χ3v) is 3.82. The van der Waals surface area contributed by atoms with Crippen LogP contribution in [0.2, 0.25) is 5.02 Å². The highest BCUT2D eigenvalue weighted by atomic mass is 35.5. The molecule has 6 heteroatoms. The number of nitrogens with one attached hydrogen (secondary N) is 1. The Hall–Kier alpha value is -2.66. The van der Waals surface area contributed by atoms with E-state index in [9.17, 15) is 9.18 Å². The van der Waals surface area contributed by atoms with Gasteiger partial charge in [0.2, 0.25) is 0 Å². The van der Waals surface area contributed by atoms with Crippen LogP contribution in [-0.2, 0) is 13.7 Å². The lowest BCUT2D eigenvalue weighted by Crippen LogP contribution is -2.13. The van der Waals surface area contributed by atoms with Crippen molar-refractivity contribution in [2.24, 2.45) is 7.05 Å². The number of hydrogen-bond acceptors (Lipinski definition) is 2. The van der Waals surface area contributed by atoms with Gasteiger partial charge < -0.3 is 5.32 Å². The molecule has 0 unspecified atom stereocenters. The smallest absolute Gasteiger partial charge is 0.259 e. The monoisotopic (exact) mass is 343 g/mol. The van der Waals surface area contributed by atoms with Gasteiger partial charge >= 0.3 is 0 Å². The summed E-state index contributed by atoms with van der Waals surface area (Å²) in [5.41, 5.74) is 2.68. The summed E-state index contributed by atoms with van der Waals surface area (Å²) in [5, 5.41) is 7.39. The minimum Gasteiger partial charge on any atom is -0.321 e. The molecule has 0 aliphatic rings. The van der Waals surface area contributed by atoms with Crippen molar-refractivity contribution < 1.29 is 9.18 Å². The van der Waals surface area contributed by atoms with Crippen molar-refractivity contribution in [3.05, 3.63) is 71.0 Å². The number of aryl methyl sites for hydroxylation is 1. The van der Waals surface area contributed by atoms with E-state index in [1.807, 2.05) is 36.4 Å². The Kier molecular flexibility index (Phi) is 4.62. The van der Waals surface area contributed by atoms with Crippen LogP contribution in [0, 0.1) is 0 Å². The van der Waals surface area contributed by atoms with Crippen LogP contribution in [0.15, 0.2) is 54.7 Å². The summed E-state index contributed by atoms with van der Waals surface area (Å²) in [4.78, 5) is 12.5. The second-order valence-corrected chi connectivity index (χ2v) is 5.74. The summed E-state index contributed by atoms with van der Waals surface area (Å²) < 4.78 is 14.4. The molecule has 1 heterocycles. The van der Waals surface area contributed by atoms with Crippen LogP contribution in [0.1, 0.15) is 16.1 Å². The van der Waals surface area contributed by atoms with Gasteiger partial charge in [-0.2, -0.15) is 5.10 Å². The Labute approximate surface area is 143 Å². The molecule has 3 rings (SSSR count). The van der Waals surface area contributed by atoms with Gasteiger partial charge in [0, 0.05) is 29.5 Å². The van der Waals surface area contributed by atoms with Crippen molar-refractivity contribution in [1.29, 1.82) is 0 Å². The molecule has 4 nitrogen and oxygen atoms in total. The molecular formula is C18H15ClFN3O. The number of halogens is 2. The average Bonchev–Trinajstić information content (AvgIpc) is 2.96. The van der Waals surface area contributed by atoms with E-state index in [4.69, 9.17) is 11.6 Å². The number of amides is 1. The quantitative estimate of drug-likeness (QED) is 0.760. The van der Waals surface area contributed by atoms with E-state index in [0.29, 0.717) is 10.7 Å². The van der Waals surface area contributed by atoms with Crippen molar-refractivity contribution in [3.8, 4) is 11.1 Å². The molecule has 0 bridgehead atoms. The number of carbonyl (C=O) groups excluding carboxylic acids is 1. The number of anilines is 1. The van der Waals surface area contributed by atoms with Crippen molar-refractivity contribution in [2.45, 2.75) is 6.67 Å². The average molecular weight is 344 g/mol. The Morgan fingerprint density at radius 3 is 2.79 bits per heavy atom. The maximum atomic E-state index is 13.0. The van der Waals surface area contributed by atoms with Crippen LogP contribution in [0.4, 0.5) is 10.1 Å². The molecule has 1 aromatic heterocycles. The molecule has 0 saturated heterocycles. The summed E-state index contributed by atoms with van der Waals surface area (Å²) in [7, 11) is 1.65. The Morgan fingerprint density at radius 1 is 1.25 bits per heavy atom. The lowest BCUT2D eigenvalue weighted by Gasteiger charge is -2.11. The molecule has 0 aliphatic carbocycles. The van der Waals surface area contributed by atoms with Crippen LogP contribution < -0.4 is 5.32 Å². The van der Waals surface area contributed by atoms with Crippen LogP contribution in [0.25, 0.3) is 11.1 Å². The van der Waals surface area contributed by atoms with Crippen LogP contribution >= 0.6 is 11.6 Å². The van der Waals surface area contributed by atoms with E-state index < -0.39 is 12.6 Å². The largest absolute Gasteiger partial charge is 0.321 e. The Morgan fingerprint density at radius 2 is 2.04 bits per heavy atom. The number of alkyl halides is 1. The third kappa shape index (κ3) is 3.31. The number of benzene rings is 2. The van der Waals surface area contributed by atoms with Gasteiger partial charge in [0.15, 0.2) is 0 Å². The van der Waals surface area contributed by atoms with Gasteiger partial charge in [-0.15, -0.1) is 0 Å². The predicted octanol–water partition coefficient (Wildman–Crippen LogP) is 4.46. The van der Waals surface area contributed by atoms with E-state index >= 15 is 0 Å². The third-order valence-electron chi connectivity index (χ3n) is 3.59. The second kappa shape index (κ2) is 6.84. The fourth-order valence-corrected chi connectivity index (χ4v) is 2.70. The maximum absolute atomic E-state index is 13.0. The maximum Gasteiger partial charge on any atom is 0.259 e.